The molecule has 0 unspecified atom stereocenters. The monoisotopic (exact) mass is 411 g/mol. The fourth-order valence-corrected chi connectivity index (χ4v) is 3.72. The van der Waals surface area contributed by atoms with Crippen molar-refractivity contribution in [1.82, 2.24) is 14.5 Å². The van der Waals surface area contributed by atoms with Gasteiger partial charge in [0.05, 0.1) is 9.99 Å². The molecule has 0 aliphatic heterocycles. The topological polar surface area (TPSA) is 64.8 Å². The molecule has 0 saturated heterocycles. The van der Waals surface area contributed by atoms with Crippen molar-refractivity contribution in [2.75, 3.05) is 0 Å². The van der Waals surface area contributed by atoms with Gasteiger partial charge in [0.2, 0.25) is 0 Å². The Hall–Kier alpha value is -1.31. The van der Waals surface area contributed by atoms with Crippen LogP contribution in [0.1, 0.15) is 60.4 Å². The number of fused-ring (bicyclic) bond motifs is 1. The lowest BCUT2D eigenvalue weighted by Gasteiger charge is -2.19. The van der Waals surface area contributed by atoms with Crippen LogP contribution in [0.5, 0.6) is 0 Å². The predicted molar refractivity (Wildman–Crippen MR) is 93.8 cm³/mol. The fourth-order valence-electron chi connectivity index (χ4n) is 3.35. The van der Waals surface area contributed by atoms with Crippen LogP contribution in [-0.4, -0.2) is 20.3 Å². The molecule has 0 amide bonds. The van der Waals surface area contributed by atoms with Crippen LogP contribution in [-0.2, 0) is 4.43 Å². The highest BCUT2D eigenvalue weighted by molar-refractivity contribution is 14.1. The normalized spacial score (nSPS) is 15.6. The Labute approximate surface area is 142 Å². The van der Waals surface area contributed by atoms with Crippen molar-refractivity contribution >= 4 is 39.4 Å². The van der Waals surface area contributed by atoms with E-state index in [-0.39, 0.29) is 22.9 Å². The Morgan fingerprint density at radius 1 is 1.41 bits per heavy atom. The number of halogens is 1. The van der Waals surface area contributed by atoms with Crippen LogP contribution in [0, 0.1) is 6.92 Å². The number of aryl methyl sites for hydroxylation is 1. The van der Waals surface area contributed by atoms with E-state index < -0.39 is 0 Å². The van der Waals surface area contributed by atoms with E-state index in [1.54, 1.807) is 10.8 Å². The second-order valence-electron chi connectivity index (χ2n) is 5.83. The first kappa shape index (κ1) is 15.6. The van der Waals surface area contributed by atoms with Crippen LogP contribution in [0.4, 0.5) is 0 Å². The van der Waals surface area contributed by atoms with Crippen LogP contribution in [0.25, 0.3) is 11.0 Å². The van der Waals surface area contributed by atoms with Gasteiger partial charge in [0.1, 0.15) is 11.5 Å². The molecule has 0 spiro atoms. The third-order valence-electron chi connectivity index (χ3n) is 4.42. The SMILES string of the molecule is CC(=O)c1c(C)c2cnc(CI)nc2n(C2CCCC2)c1=O. The number of alkyl halides is 1. The summed E-state index contributed by atoms with van der Waals surface area (Å²) in [6.45, 7) is 3.27. The lowest BCUT2D eigenvalue weighted by molar-refractivity contribution is 0.101. The summed E-state index contributed by atoms with van der Waals surface area (Å²) in [5.41, 5.74) is 1.47. The van der Waals surface area contributed by atoms with Gasteiger partial charge in [0.15, 0.2) is 5.78 Å². The highest BCUT2D eigenvalue weighted by Crippen LogP contribution is 2.31. The van der Waals surface area contributed by atoms with Gasteiger partial charge >= 0.3 is 0 Å². The number of aromatic nitrogens is 3. The number of Topliss-reactive ketones (excluding diaryl/α,β-unsaturated/α-hetero) is 1. The van der Waals surface area contributed by atoms with Crippen LogP contribution >= 0.6 is 22.6 Å². The maximum atomic E-state index is 12.9. The van der Waals surface area contributed by atoms with E-state index in [0.29, 0.717) is 21.5 Å². The lowest BCUT2D eigenvalue weighted by atomic mass is 10.0. The highest BCUT2D eigenvalue weighted by atomic mass is 127. The molecule has 6 heteroatoms. The van der Waals surface area contributed by atoms with Crippen LogP contribution in [0.3, 0.4) is 0 Å². The number of ketones is 1. The van der Waals surface area contributed by atoms with Crippen molar-refractivity contribution in [3.63, 3.8) is 0 Å². The summed E-state index contributed by atoms with van der Waals surface area (Å²) in [7, 11) is 0. The number of rotatable bonds is 3. The van der Waals surface area contributed by atoms with E-state index in [4.69, 9.17) is 0 Å². The predicted octanol–water partition coefficient (Wildman–Crippen LogP) is 3.35. The molecule has 2 heterocycles. The van der Waals surface area contributed by atoms with E-state index in [0.717, 1.165) is 31.1 Å². The maximum Gasteiger partial charge on any atom is 0.263 e. The van der Waals surface area contributed by atoms with Crippen LogP contribution < -0.4 is 5.56 Å². The Balaban J connectivity index is 2.42. The van der Waals surface area contributed by atoms with Crippen molar-refractivity contribution in [2.24, 2.45) is 0 Å². The van der Waals surface area contributed by atoms with Gasteiger partial charge in [-0.25, -0.2) is 9.97 Å². The second-order valence-corrected chi connectivity index (χ2v) is 6.59. The molecule has 0 radical (unpaired) electrons. The average Bonchev–Trinajstić information content (AvgIpc) is 3.00. The Morgan fingerprint density at radius 3 is 2.68 bits per heavy atom. The summed E-state index contributed by atoms with van der Waals surface area (Å²) in [4.78, 5) is 33.8. The summed E-state index contributed by atoms with van der Waals surface area (Å²) in [6, 6.07) is 0.144. The molecule has 1 aliphatic carbocycles. The largest absolute Gasteiger partial charge is 0.294 e. The minimum absolute atomic E-state index is 0.144. The Bertz CT molecular complexity index is 807. The molecule has 1 aliphatic rings. The molecular formula is C16H18IN3O2. The van der Waals surface area contributed by atoms with Gasteiger partial charge in [-0.15, -0.1) is 0 Å². The summed E-state index contributed by atoms with van der Waals surface area (Å²) in [5, 5.41) is 0.810. The number of pyridine rings is 1. The Morgan fingerprint density at radius 2 is 2.09 bits per heavy atom. The zero-order chi connectivity index (χ0) is 15.9. The van der Waals surface area contributed by atoms with Gasteiger partial charge < -0.3 is 0 Å². The van der Waals surface area contributed by atoms with E-state index in [1.165, 1.54) is 6.92 Å². The van der Waals surface area contributed by atoms with E-state index in [1.807, 2.05) is 6.92 Å². The van der Waals surface area contributed by atoms with Crippen LogP contribution in [0.2, 0.25) is 0 Å². The molecule has 0 bridgehead atoms. The molecule has 2 aromatic heterocycles. The minimum atomic E-state index is -0.192. The number of carbonyl (C=O) groups excluding carboxylic acids is 1. The first-order valence-electron chi connectivity index (χ1n) is 7.52. The van der Waals surface area contributed by atoms with Gasteiger partial charge in [0.25, 0.3) is 5.56 Å². The number of hydrogen-bond acceptors (Lipinski definition) is 4. The molecular weight excluding hydrogens is 393 g/mol. The Kier molecular flexibility index (Phi) is 4.29. The zero-order valence-corrected chi connectivity index (χ0v) is 14.9. The van der Waals surface area contributed by atoms with E-state index in [9.17, 15) is 9.59 Å². The average molecular weight is 411 g/mol. The standard InChI is InChI=1S/C16H18IN3O2/c1-9-12-8-18-13(7-17)19-15(12)20(11-5-3-4-6-11)16(22)14(9)10(2)21/h8,11H,3-7H2,1-2H3. The summed E-state index contributed by atoms with van der Waals surface area (Å²) < 4.78 is 2.45. The van der Waals surface area contributed by atoms with E-state index >= 15 is 0 Å². The summed E-state index contributed by atoms with van der Waals surface area (Å²) >= 11 is 2.21. The smallest absolute Gasteiger partial charge is 0.263 e. The van der Waals surface area contributed by atoms with Crippen molar-refractivity contribution in [3.8, 4) is 0 Å². The third-order valence-corrected chi connectivity index (χ3v) is 5.10. The molecule has 22 heavy (non-hydrogen) atoms. The van der Waals surface area contributed by atoms with Gasteiger partial charge in [-0.2, -0.15) is 0 Å². The fraction of sp³-hybridized carbons (Fsp3) is 0.500. The molecule has 5 nitrogen and oxygen atoms in total. The van der Waals surface area contributed by atoms with Gasteiger partial charge in [-0.05, 0) is 32.3 Å². The number of carbonyl (C=O) groups is 1. The van der Waals surface area contributed by atoms with Crippen molar-refractivity contribution in [3.05, 3.63) is 33.5 Å². The van der Waals surface area contributed by atoms with Crippen molar-refractivity contribution < 1.29 is 4.79 Å². The molecule has 0 aromatic carbocycles. The molecule has 0 atom stereocenters. The minimum Gasteiger partial charge on any atom is -0.294 e. The van der Waals surface area contributed by atoms with Gasteiger partial charge in [-0.3, -0.25) is 14.2 Å². The van der Waals surface area contributed by atoms with E-state index in [2.05, 4.69) is 32.6 Å². The molecule has 0 N–H and O–H groups in total. The quantitative estimate of drug-likeness (QED) is 0.442. The van der Waals surface area contributed by atoms with Crippen molar-refractivity contribution in [1.29, 1.82) is 0 Å². The number of nitrogens with zero attached hydrogens (tertiary/aromatic N) is 3. The first-order valence-corrected chi connectivity index (χ1v) is 9.04. The molecule has 3 rings (SSSR count). The zero-order valence-electron chi connectivity index (χ0n) is 12.7. The first-order chi connectivity index (χ1) is 10.5. The molecule has 2 aromatic rings. The second kappa shape index (κ2) is 6.06. The van der Waals surface area contributed by atoms with Crippen LogP contribution in [0.15, 0.2) is 11.0 Å². The summed E-state index contributed by atoms with van der Waals surface area (Å²) in [5.74, 6) is 0.531. The summed E-state index contributed by atoms with van der Waals surface area (Å²) in [6.07, 6.45) is 5.93. The highest BCUT2D eigenvalue weighted by Gasteiger charge is 2.25. The van der Waals surface area contributed by atoms with Crippen molar-refractivity contribution in [2.45, 2.75) is 50.0 Å². The molecule has 1 saturated carbocycles. The lowest BCUT2D eigenvalue weighted by Crippen LogP contribution is -2.30. The molecule has 116 valence electrons. The van der Waals surface area contributed by atoms with Gasteiger partial charge in [-0.1, -0.05) is 35.4 Å². The van der Waals surface area contributed by atoms with Gasteiger partial charge in [0, 0.05) is 17.6 Å². The number of hydrogen-bond donors (Lipinski definition) is 0. The third kappa shape index (κ3) is 2.47. The molecule has 1 fully saturated rings. The maximum absolute atomic E-state index is 12.9.